The number of anilines is 1. The van der Waals surface area contributed by atoms with Gasteiger partial charge in [0.2, 0.25) is 0 Å². The SMILES string of the molecule is COc1cc(/C=C2\C(=O)NC(=O)N(c3ccc(Br)c(C)c3)C2=O)c(Br)cc1OCc1cccc2ccccc12. The quantitative estimate of drug-likeness (QED) is 0.181. The Morgan fingerprint density at radius 2 is 1.67 bits per heavy atom. The van der Waals surface area contributed by atoms with E-state index in [0.717, 1.165) is 31.3 Å². The Bertz CT molecular complexity index is 1680. The number of barbiturate groups is 1. The number of benzene rings is 4. The van der Waals surface area contributed by atoms with Crippen molar-refractivity contribution in [2.75, 3.05) is 12.0 Å². The smallest absolute Gasteiger partial charge is 0.335 e. The first-order valence-corrected chi connectivity index (χ1v) is 13.5. The summed E-state index contributed by atoms with van der Waals surface area (Å²) in [6.45, 7) is 2.16. The van der Waals surface area contributed by atoms with E-state index in [-0.39, 0.29) is 5.57 Å². The minimum absolute atomic E-state index is 0.192. The van der Waals surface area contributed by atoms with Crippen LogP contribution in [0.3, 0.4) is 0 Å². The van der Waals surface area contributed by atoms with Crippen molar-refractivity contribution in [2.24, 2.45) is 0 Å². The zero-order valence-electron chi connectivity index (χ0n) is 21.0. The second-order valence-electron chi connectivity index (χ2n) is 8.84. The minimum Gasteiger partial charge on any atom is -0.493 e. The highest BCUT2D eigenvalue weighted by Gasteiger charge is 2.37. The summed E-state index contributed by atoms with van der Waals surface area (Å²) in [5, 5.41) is 4.47. The molecule has 1 saturated heterocycles. The van der Waals surface area contributed by atoms with E-state index in [0.29, 0.717) is 33.8 Å². The van der Waals surface area contributed by atoms with Crippen molar-refractivity contribution in [3.8, 4) is 11.5 Å². The molecule has 5 rings (SSSR count). The van der Waals surface area contributed by atoms with Gasteiger partial charge in [-0.05, 0) is 70.8 Å². The van der Waals surface area contributed by atoms with Gasteiger partial charge in [0.25, 0.3) is 11.8 Å². The van der Waals surface area contributed by atoms with Crippen molar-refractivity contribution in [3.63, 3.8) is 0 Å². The van der Waals surface area contributed by atoms with Crippen molar-refractivity contribution in [2.45, 2.75) is 13.5 Å². The molecular formula is C30H22Br2N2O5. The summed E-state index contributed by atoms with van der Waals surface area (Å²) in [4.78, 5) is 39.6. The lowest BCUT2D eigenvalue weighted by atomic mass is 10.1. The third-order valence-electron chi connectivity index (χ3n) is 6.35. The molecule has 4 aromatic rings. The number of ether oxygens (including phenoxy) is 2. The number of nitrogens with zero attached hydrogens (tertiary/aromatic N) is 1. The molecule has 196 valence electrons. The number of carbonyl (C=O) groups is 3. The molecule has 0 unspecified atom stereocenters. The summed E-state index contributed by atoms with van der Waals surface area (Å²) in [7, 11) is 1.51. The van der Waals surface area contributed by atoms with Crippen molar-refractivity contribution in [3.05, 3.63) is 104 Å². The summed E-state index contributed by atoms with van der Waals surface area (Å²) in [5.74, 6) is -0.601. The predicted molar refractivity (Wildman–Crippen MR) is 157 cm³/mol. The molecule has 1 aliphatic heterocycles. The molecule has 0 atom stereocenters. The van der Waals surface area contributed by atoms with Crippen LogP contribution >= 0.6 is 31.9 Å². The van der Waals surface area contributed by atoms with Gasteiger partial charge >= 0.3 is 6.03 Å². The Morgan fingerprint density at radius 1 is 0.897 bits per heavy atom. The zero-order chi connectivity index (χ0) is 27.7. The number of urea groups is 1. The number of amides is 4. The average Bonchev–Trinajstić information content (AvgIpc) is 2.92. The number of methoxy groups -OCH3 is 1. The first kappa shape index (κ1) is 26.6. The molecule has 9 heteroatoms. The Balaban J connectivity index is 1.45. The summed E-state index contributed by atoms with van der Waals surface area (Å²) in [6, 6.07) is 21.8. The minimum atomic E-state index is -0.808. The van der Waals surface area contributed by atoms with E-state index >= 15 is 0 Å². The van der Waals surface area contributed by atoms with E-state index in [4.69, 9.17) is 9.47 Å². The van der Waals surface area contributed by atoms with E-state index < -0.39 is 17.8 Å². The number of rotatable bonds is 6. The van der Waals surface area contributed by atoms with Gasteiger partial charge in [0.1, 0.15) is 12.2 Å². The van der Waals surface area contributed by atoms with Gasteiger partial charge in [0.05, 0.1) is 12.8 Å². The average molecular weight is 650 g/mol. The Hall–Kier alpha value is -3.95. The molecule has 0 aromatic heterocycles. The highest BCUT2D eigenvalue weighted by atomic mass is 79.9. The van der Waals surface area contributed by atoms with Gasteiger partial charge in [-0.2, -0.15) is 0 Å². The van der Waals surface area contributed by atoms with Crippen LogP contribution in [0.25, 0.3) is 16.8 Å². The molecule has 0 saturated carbocycles. The molecular weight excluding hydrogens is 628 g/mol. The lowest BCUT2D eigenvalue weighted by Crippen LogP contribution is -2.54. The van der Waals surface area contributed by atoms with Crippen molar-refractivity contribution >= 4 is 72.2 Å². The molecule has 4 amide bonds. The van der Waals surface area contributed by atoms with Crippen LogP contribution in [0.2, 0.25) is 0 Å². The molecule has 1 aliphatic rings. The van der Waals surface area contributed by atoms with Crippen LogP contribution in [0.4, 0.5) is 10.5 Å². The number of halogens is 2. The fraction of sp³-hybridized carbons (Fsp3) is 0.100. The monoisotopic (exact) mass is 648 g/mol. The molecule has 39 heavy (non-hydrogen) atoms. The Morgan fingerprint density at radius 3 is 2.44 bits per heavy atom. The van der Waals surface area contributed by atoms with E-state index in [1.807, 2.05) is 49.4 Å². The van der Waals surface area contributed by atoms with Crippen molar-refractivity contribution in [1.29, 1.82) is 0 Å². The third-order valence-corrected chi connectivity index (χ3v) is 7.92. The number of hydrogen-bond donors (Lipinski definition) is 1. The Kier molecular flexibility index (Phi) is 7.54. The molecule has 0 radical (unpaired) electrons. The maximum atomic E-state index is 13.3. The van der Waals surface area contributed by atoms with E-state index in [1.165, 1.54) is 13.2 Å². The van der Waals surface area contributed by atoms with Crippen LogP contribution in [-0.2, 0) is 16.2 Å². The lowest BCUT2D eigenvalue weighted by molar-refractivity contribution is -0.122. The van der Waals surface area contributed by atoms with Gasteiger partial charge in [-0.15, -0.1) is 0 Å². The maximum Gasteiger partial charge on any atom is 0.335 e. The number of imide groups is 2. The summed E-state index contributed by atoms with van der Waals surface area (Å²) in [5.41, 5.74) is 2.52. The molecule has 0 aliphatic carbocycles. The van der Waals surface area contributed by atoms with Crippen LogP contribution in [0.15, 0.2) is 87.3 Å². The van der Waals surface area contributed by atoms with E-state index in [9.17, 15) is 14.4 Å². The fourth-order valence-corrected chi connectivity index (χ4v) is 5.01. The molecule has 1 heterocycles. The second kappa shape index (κ2) is 11.0. The molecule has 0 spiro atoms. The third kappa shape index (κ3) is 5.32. The standard InChI is InChI=1S/C30H22Br2N2O5/c1-17-12-21(10-11-24(17)31)34-29(36)23(28(35)33-30(34)37)13-20-14-26(38-2)27(15-25(20)32)39-16-19-8-5-7-18-6-3-4-9-22(18)19/h3-15H,16H2,1-2H3,(H,33,35,37)/b23-13+. The first-order valence-electron chi connectivity index (χ1n) is 11.9. The van der Waals surface area contributed by atoms with Gasteiger partial charge in [-0.3, -0.25) is 14.9 Å². The largest absolute Gasteiger partial charge is 0.493 e. The highest BCUT2D eigenvalue weighted by molar-refractivity contribution is 9.10. The van der Waals surface area contributed by atoms with Crippen LogP contribution in [0.1, 0.15) is 16.7 Å². The lowest BCUT2D eigenvalue weighted by Gasteiger charge is -2.27. The van der Waals surface area contributed by atoms with Gasteiger partial charge in [-0.1, -0.05) is 74.3 Å². The van der Waals surface area contributed by atoms with Gasteiger partial charge < -0.3 is 9.47 Å². The predicted octanol–water partition coefficient (Wildman–Crippen LogP) is 6.93. The summed E-state index contributed by atoms with van der Waals surface area (Å²) in [6.07, 6.45) is 1.42. The van der Waals surface area contributed by atoms with Crippen LogP contribution in [-0.4, -0.2) is 25.0 Å². The number of aryl methyl sites for hydroxylation is 1. The molecule has 0 bridgehead atoms. The normalized spacial score (nSPS) is 14.6. The van der Waals surface area contributed by atoms with Gasteiger partial charge in [-0.25, -0.2) is 9.69 Å². The van der Waals surface area contributed by atoms with Gasteiger partial charge in [0.15, 0.2) is 11.5 Å². The highest BCUT2D eigenvalue weighted by Crippen LogP contribution is 2.36. The van der Waals surface area contributed by atoms with Gasteiger partial charge in [0, 0.05) is 8.95 Å². The number of nitrogens with one attached hydrogen (secondary N) is 1. The first-order chi connectivity index (χ1) is 18.8. The maximum absolute atomic E-state index is 13.3. The summed E-state index contributed by atoms with van der Waals surface area (Å²) < 4.78 is 13.1. The van der Waals surface area contributed by atoms with E-state index in [2.05, 4.69) is 37.2 Å². The second-order valence-corrected chi connectivity index (χ2v) is 10.6. The van der Waals surface area contributed by atoms with Crippen molar-refractivity contribution in [1.82, 2.24) is 5.32 Å². The van der Waals surface area contributed by atoms with Crippen LogP contribution < -0.4 is 19.7 Å². The molecule has 1 N–H and O–H groups in total. The number of carbonyl (C=O) groups excluding carboxylic acids is 3. The Labute approximate surface area is 241 Å². The topological polar surface area (TPSA) is 84.9 Å². The number of hydrogen-bond acceptors (Lipinski definition) is 5. The summed E-state index contributed by atoms with van der Waals surface area (Å²) >= 11 is 6.94. The van der Waals surface area contributed by atoms with Crippen molar-refractivity contribution < 1.29 is 23.9 Å². The van der Waals surface area contributed by atoms with Crippen LogP contribution in [0.5, 0.6) is 11.5 Å². The number of fused-ring (bicyclic) bond motifs is 1. The molecule has 7 nitrogen and oxygen atoms in total. The zero-order valence-corrected chi connectivity index (χ0v) is 24.1. The van der Waals surface area contributed by atoms with E-state index in [1.54, 1.807) is 30.3 Å². The molecule has 4 aromatic carbocycles. The molecule has 1 fully saturated rings. The fourth-order valence-electron chi connectivity index (χ4n) is 4.32. The van der Waals surface area contributed by atoms with Crippen LogP contribution in [0, 0.1) is 6.92 Å².